The third-order valence-corrected chi connectivity index (χ3v) is 11.9. The van der Waals surface area contributed by atoms with Crippen molar-refractivity contribution in [2.45, 2.75) is 51.1 Å². The minimum Gasteiger partial charge on any atom is -0.497 e. The average molecular weight is 971 g/mol. The summed E-state index contributed by atoms with van der Waals surface area (Å²) in [5.74, 6) is 0.565. The quantitative estimate of drug-likeness (QED) is 0.107. The van der Waals surface area contributed by atoms with Crippen LogP contribution in [0.2, 0.25) is 0 Å². The molecule has 2 unspecified atom stereocenters. The topological polar surface area (TPSA) is 42.5 Å². The number of methoxy groups -OCH3 is 2. The monoisotopic (exact) mass is 970 g/mol. The average Bonchev–Trinajstić information content (AvgIpc) is 3.32. The number of ether oxygens (including phenoxy) is 2. The van der Waals surface area contributed by atoms with E-state index in [0.717, 1.165) is 85.1 Å². The lowest BCUT2D eigenvalue weighted by Crippen LogP contribution is -2.21. The van der Waals surface area contributed by atoms with Gasteiger partial charge in [0.15, 0.2) is 0 Å². The maximum Gasteiger partial charge on any atom is 0.416 e. The van der Waals surface area contributed by atoms with Crippen LogP contribution in [0.3, 0.4) is 0 Å². The van der Waals surface area contributed by atoms with E-state index in [1.54, 1.807) is 19.2 Å². The number of hydrogen-bond acceptors (Lipinski definition) is 4. The minimum absolute atomic E-state index is 0. The number of hydrogen-bond donors (Lipinski definition) is 2. The highest BCUT2D eigenvalue weighted by Crippen LogP contribution is 2.36. The van der Waals surface area contributed by atoms with E-state index in [2.05, 4.69) is 23.6 Å². The lowest BCUT2D eigenvalue weighted by molar-refractivity contribution is -0.138. The van der Waals surface area contributed by atoms with E-state index >= 15 is 0 Å². The molecule has 4 nitrogen and oxygen atoms in total. The Hall–Kier alpha value is -6.47. The van der Waals surface area contributed by atoms with E-state index < -0.39 is 23.5 Å². The molecule has 0 aliphatic rings. The Balaban J connectivity index is 0.000000224. The summed E-state index contributed by atoms with van der Waals surface area (Å²) in [6.45, 7) is 5.34. The summed E-state index contributed by atoms with van der Waals surface area (Å²) < 4.78 is 116. The SMILES string of the molecule is COc1cc(F)cc(C(C)NCCc2cc(-c3ccc(C(F)(F)F)cc3)c3ccccc3c2)c1.COc1cccc(C(C)NCCc2cc(-c3ccc(C(F)(F)F)cc3)c3ccc(F)cc3c2)c1.Cl. The van der Waals surface area contributed by atoms with Crippen molar-refractivity contribution < 1.29 is 44.6 Å². The van der Waals surface area contributed by atoms with Crippen molar-refractivity contribution in [3.63, 3.8) is 0 Å². The van der Waals surface area contributed by atoms with Crippen molar-refractivity contribution in [2.75, 3.05) is 27.3 Å². The van der Waals surface area contributed by atoms with Crippen molar-refractivity contribution >= 4 is 34.0 Å². The second-order valence-electron chi connectivity index (χ2n) is 16.6. The van der Waals surface area contributed by atoms with E-state index in [4.69, 9.17) is 9.47 Å². The van der Waals surface area contributed by atoms with Gasteiger partial charge in [0.25, 0.3) is 0 Å². The summed E-state index contributed by atoms with van der Waals surface area (Å²) >= 11 is 0. The van der Waals surface area contributed by atoms with Gasteiger partial charge in [-0.3, -0.25) is 0 Å². The zero-order valence-corrected chi connectivity index (χ0v) is 39.1. The molecule has 0 aromatic heterocycles. The Kier molecular flexibility index (Phi) is 17.1. The molecule has 13 heteroatoms. The van der Waals surface area contributed by atoms with Crippen LogP contribution in [0.5, 0.6) is 11.5 Å². The Morgan fingerprint density at radius 1 is 0.464 bits per heavy atom. The predicted molar refractivity (Wildman–Crippen MR) is 262 cm³/mol. The van der Waals surface area contributed by atoms with Crippen molar-refractivity contribution in [1.82, 2.24) is 10.6 Å². The molecule has 0 heterocycles. The van der Waals surface area contributed by atoms with Crippen molar-refractivity contribution in [3.05, 3.63) is 203 Å². The highest BCUT2D eigenvalue weighted by Gasteiger charge is 2.31. The largest absolute Gasteiger partial charge is 0.497 e. The van der Waals surface area contributed by atoms with Gasteiger partial charge in [-0.1, -0.05) is 91.0 Å². The van der Waals surface area contributed by atoms with Gasteiger partial charge >= 0.3 is 12.4 Å². The molecule has 0 saturated heterocycles. The van der Waals surface area contributed by atoms with Crippen LogP contribution in [0.4, 0.5) is 35.1 Å². The molecule has 0 bridgehead atoms. The number of alkyl halides is 6. The normalized spacial score (nSPS) is 12.5. The highest BCUT2D eigenvalue weighted by molar-refractivity contribution is 5.98. The van der Waals surface area contributed by atoms with E-state index in [0.29, 0.717) is 42.6 Å². The first-order valence-corrected chi connectivity index (χ1v) is 22.0. The molecule has 8 aromatic rings. The highest BCUT2D eigenvalue weighted by atomic mass is 35.5. The van der Waals surface area contributed by atoms with Gasteiger partial charge in [0.1, 0.15) is 23.1 Å². The molecule has 0 aliphatic carbocycles. The summed E-state index contributed by atoms with van der Waals surface area (Å²) in [5, 5.41) is 10.4. The lowest BCUT2D eigenvalue weighted by atomic mass is 9.94. The number of halogens is 9. The molecule has 0 spiro atoms. The first kappa shape index (κ1) is 51.9. The number of benzene rings is 8. The molecule has 2 N–H and O–H groups in total. The van der Waals surface area contributed by atoms with Crippen molar-refractivity contribution in [3.8, 4) is 33.8 Å². The fraction of sp³-hybridized carbons (Fsp3) is 0.214. The second kappa shape index (κ2) is 22.8. The molecule has 69 heavy (non-hydrogen) atoms. The summed E-state index contributed by atoms with van der Waals surface area (Å²) in [7, 11) is 3.14. The van der Waals surface area contributed by atoms with E-state index in [1.807, 2.05) is 73.7 Å². The molecule has 0 amide bonds. The van der Waals surface area contributed by atoms with Gasteiger partial charge in [-0.15, -0.1) is 12.4 Å². The molecule has 0 radical (unpaired) electrons. The standard InChI is InChI=1S/2C28H25F4NO.ClH/c1-18(21-4-3-5-25(17-21)34-2)33-13-12-19-14-22-16-24(29)10-11-26(22)27(15-19)20-6-8-23(9-7-20)28(30,31)32;1-18(22-15-24(29)17-25(16-22)34-2)33-12-11-19-13-21-5-3-4-6-26(21)27(14-19)20-7-9-23(10-8-20)28(30,31)32;/h3-11,14-18,33H,12-13H2,1-2H3;3-10,13-18,33H,11-12H2,1-2H3;1H. The summed E-state index contributed by atoms with van der Waals surface area (Å²) in [6.07, 6.45) is -7.38. The van der Waals surface area contributed by atoms with Crippen LogP contribution >= 0.6 is 12.4 Å². The van der Waals surface area contributed by atoms with Crippen LogP contribution in [0.25, 0.3) is 43.8 Å². The molecule has 8 aromatic carbocycles. The number of fused-ring (bicyclic) bond motifs is 2. The van der Waals surface area contributed by atoms with Crippen molar-refractivity contribution in [2.24, 2.45) is 0 Å². The van der Waals surface area contributed by atoms with Gasteiger partial charge in [0.05, 0.1) is 25.3 Å². The zero-order valence-electron chi connectivity index (χ0n) is 38.2. The molecule has 0 fully saturated rings. The first-order valence-electron chi connectivity index (χ1n) is 22.0. The van der Waals surface area contributed by atoms with E-state index in [9.17, 15) is 35.1 Å². The Morgan fingerprint density at radius 2 is 0.971 bits per heavy atom. The van der Waals surface area contributed by atoms with Gasteiger partial charge in [-0.05, 0) is 166 Å². The Bertz CT molecular complexity index is 2980. The predicted octanol–water partition coefficient (Wildman–Crippen LogP) is 15.6. The third-order valence-electron chi connectivity index (χ3n) is 11.9. The van der Waals surface area contributed by atoms with E-state index in [-0.39, 0.29) is 36.1 Å². The molecular weight excluding hydrogens is 920 g/mol. The third kappa shape index (κ3) is 13.4. The maximum atomic E-state index is 13.9. The molecule has 0 saturated carbocycles. The molecule has 0 aliphatic heterocycles. The van der Waals surface area contributed by atoms with Crippen LogP contribution in [-0.4, -0.2) is 27.3 Å². The summed E-state index contributed by atoms with van der Waals surface area (Å²) in [6, 6.07) is 43.2. The van der Waals surface area contributed by atoms with Gasteiger partial charge in [0.2, 0.25) is 0 Å². The second-order valence-corrected chi connectivity index (χ2v) is 16.6. The molecule has 2 atom stereocenters. The first-order chi connectivity index (χ1) is 32.5. The van der Waals surface area contributed by atoms with E-state index in [1.165, 1.54) is 55.6 Å². The summed E-state index contributed by atoms with van der Waals surface area (Å²) in [4.78, 5) is 0. The lowest BCUT2D eigenvalue weighted by Gasteiger charge is -2.16. The number of nitrogens with one attached hydrogen (secondary N) is 2. The fourth-order valence-corrected chi connectivity index (χ4v) is 8.18. The van der Waals surface area contributed by atoms with Gasteiger partial charge in [0, 0.05) is 18.2 Å². The zero-order chi connectivity index (χ0) is 48.6. The fourth-order valence-electron chi connectivity index (χ4n) is 8.18. The smallest absolute Gasteiger partial charge is 0.416 e. The van der Waals surface area contributed by atoms with Crippen LogP contribution in [-0.2, 0) is 25.2 Å². The Labute approximate surface area is 402 Å². The molecule has 8 rings (SSSR count). The molecular formula is C56H51ClF8N2O2. The number of rotatable bonds is 14. The van der Waals surface area contributed by atoms with Gasteiger partial charge < -0.3 is 20.1 Å². The van der Waals surface area contributed by atoms with Crippen LogP contribution < -0.4 is 20.1 Å². The summed E-state index contributed by atoms with van der Waals surface area (Å²) in [5.41, 5.74) is 5.63. The van der Waals surface area contributed by atoms with Gasteiger partial charge in [-0.25, -0.2) is 8.78 Å². The van der Waals surface area contributed by atoms with Gasteiger partial charge in [-0.2, -0.15) is 26.3 Å². The van der Waals surface area contributed by atoms with Crippen LogP contribution in [0, 0.1) is 11.6 Å². The van der Waals surface area contributed by atoms with Crippen LogP contribution in [0.15, 0.2) is 158 Å². The maximum absolute atomic E-state index is 13.9. The van der Waals surface area contributed by atoms with Crippen molar-refractivity contribution in [1.29, 1.82) is 0 Å². The minimum atomic E-state index is -4.39. The molecule has 360 valence electrons. The Morgan fingerprint density at radius 3 is 1.52 bits per heavy atom. The van der Waals surface area contributed by atoms with Crippen LogP contribution in [0.1, 0.15) is 59.3 Å².